The largest absolute Gasteiger partial charge is 0.497 e. The number of carbonyl (C=O) groups is 1. The second kappa shape index (κ2) is 9.23. The third-order valence-electron chi connectivity index (χ3n) is 5.61. The second-order valence-corrected chi connectivity index (χ2v) is 9.55. The Kier molecular flexibility index (Phi) is 6.47. The van der Waals surface area contributed by atoms with Crippen LogP contribution in [0.1, 0.15) is 16.1 Å². The maximum absolute atomic E-state index is 13.3. The van der Waals surface area contributed by atoms with Gasteiger partial charge in [0, 0.05) is 43.7 Å². The zero-order valence-corrected chi connectivity index (χ0v) is 19.1. The number of ether oxygens (including phenoxy) is 1. The van der Waals surface area contributed by atoms with Crippen molar-refractivity contribution in [2.75, 3.05) is 33.3 Å². The van der Waals surface area contributed by atoms with E-state index in [1.165, 1.54) is 30.2 Å². The molecule has 186 valence electrons. The van der Waals surface area contributed by atoms with Crippen LogP contribution in [0.5, 0.6) is 5.75 Å². The van der Waals surface area contributed by atoms with E-state index in [4.69, 9.17) is 9.15 Å². The van der Waals surface area contributed by atoms with Crippen LogP contribution < -0.4 is 10.1 Å². The first-order chi connectivity index (χ1) is 16.6. The van der Waals surface area contributed by atoms with Crippen molar-refractivity contribution in [3.05, 3.63) is 65.2 Å². The quantitative estimate of drug-likeness (QED) is 0.426. The number of piperazine rings is 1. The molecule has 1 aromatic heterocycles. The van der Waals surface area contributed by atoms with E-state index in [0.717, 1.165) is 16.4 Å². The van der Waals surface area contributed by atoms with Crippen LogP contribution in [-0.4, -0.2) is 62.0 Å². The minimum atomic E-state index is -4.84. The van der Waals surface area contributed by atoms with Crippen molar-refractivity contribution in [1.29, 1.82) is 0 Å². The van der Waals surface area contributed by atoms with Gasteiger partial charge in [-0.25, -0.2) is 8.42 Å². The summed E-state index contributed by atoms with van der Waals surface area (Å²) in [6.45, 7) is -0.579. The van der Waals surface area contributed by atoms with Gasteiger partial charge in [-0.05, 0) is 24.3 Å². The summed E-state index contributed by atoms with van der Waals surface area (Å²) in [6.07, 6.45) is -4.84. The number of sulfonamides is 1. The monoisotopic (exact) mass is 511 g/mol. The Balaban J connectivity index is 1.57. The number of hydrogen-bond acceptors (Lipinski definition) is 7. The molecule has 1 saturated heterocycles. The number of hydrogen-bond donors (Lipinski definition) is 1. The fourth-order valence-electron chi connectivity index (χ4n) is 3.82. The highest BCUT2D eigenvalue weighted by molar-refractivity contribution is 7.89. The number of fused-ring (bicyclic) bond motifs is 1. The number of methoxy groups -OCH3 is 1. The van der Waals surface area contributed by atoms with Crippen LogP contribution in [0.15, 0.2) is 63.0 Å². The minimum Gasteiger partial charge on any atom is -0.497 e. The standard InChI is InChI=1S/C22H20F3N3O6S/c1-33-14-6-7-15-17(26-30)13-19(34-18(15)12-14)21(29)27-8-10-28(11-9-27)35(31,32)20-5-3-2-4-16(20)22(23,24)25/h2-7,12-13,30H,8-11H2,1H3/b26-17+. The molecule has 9 nitrogen and oxygen atoms in total. The van der Waals surface area contributed by atoms with Gasteiger partial charge in [0.15, 0.2) is 5.76 Å². The van der Waals surface area contributed by atoms with Crippen LogP contribution in [-0.2, 0) is 16.2 Å². The van der Waals surface area contributed by atoms with Gasteiger partial charge in [-0.15, -0.1) is 0 Å². The van der Waals surface area contributed by atoms with Gasteiger partial charge < -0.3 is 19.3 Å². The molecular formula is C22H20F3N3O6S. The van der Waals surface area contributed by atoms with Crippen molar-refractivity contribution >= 4 is 26.9 Å². The highest BCUT2D eigenvalue weighted by Gasteiger charge is 2.40. The van der Waals surface area contributed by atoms with Crippen LogP contribution in [0.4, 0.5) is 13.2 Å². The van der Waals surface area contributed by atoms with E-state index in [2.05, 4.69) is 5.16 Å². The summed E-state index contributed by atoms with van der Waals surface area (Å²) in [5, 5.41) is 13.1. The van der Waals surface area contributed by atoms with Crippen LogP contribution in [0.25, 0.3) is 11.0 Å². The molecule has 2 heterocycles. The summed E-state index contributed by atoms with van der Waals surface area (Å²) < 4.78 is 77.6. The van der Waals surface area contributed by atoms with Crippen molar-refractivity contribution in [2.24, 2.45) is 5.16 Å². The first-order valence-corrected chi connectivity index (χ1v) is 11.8. The molecular weight excluding hydrogens is 491 g/mol. The smallest absolute Gasteiger partial charge is 0.417 e. The summed E-state index contributed by atoms with van der Waals surface area (Å²) in [4.78, 5) is 13.5. The predicted octanol–water partition coefficient (Wildman–Crippen LogP) is 2.90. The van der Waals surface area contributed by atoms with Gasteiger partial charge in [0.1, 0.15) is 16.7 Å². The lowest BCUT2D eigenvalue weighted by atomic mass is 10.2. The van der Waals surface area contributed by atoms with E-state index in [1.807, 2.05) is 0 Å². The number of rotatable bonds is 4. The Bertz CT molecular complexity index is 1440. The molecule has 2 aromatic carbocycles. The average Bonchev–Trinajstić information content (AvgIpc) is 2.86. The van der Waals surface area contributed by atoms with E-state index < -0.39 is 32.6 Å². The van der Waals surface area contributed by atoms with E-state index in [9.17, 15) is 31.6 Å². The molecule has 0 radical (unpaired) electrons. The van der Waals surface area contributed by atoms with E-state index in [0.29, 0.717) is 17.2 Å². The van der Waals surface area contributed by atoms with Crippen LogP contribution in [0, 0.1) is 0 Å². The molecule has 13 heteroatoms. The Morgan fingerprint density at radius 1 is 1.09 bits per heavy atom. The second-order valence-electron chi connectivity index (χ2n) is 7.65. The van der Waals surface area contributed by atoms with E-state index >= 15 is 0 Å². The summed E-state index contributed by atoms with van der Waals surface area (Å²) >= 11 is 0. The normalized spacial score (nSPS) is 16.0. The predicted molar refractivity (Wildman–Crippen MR) is 116 cm³/mol. The molecule has 0 spiro atoms. The van der Waals surface area contributed by atoms with Crippen molar-refractivity contribution in [3.63, 3.8) is 0 Å². The zero-order valence-electron chi connectivity index (χ0n) is 18.3. The number of halogens is 3. The van der Waals surface area contributed by atoms with Crippen LogP contribution >= 0.6 is 0 Å². The first kappa shape index (κ1) is 24.5. The fourth-order valence-corrected chi connectivity index (χ4v) is 5.45. The van der Waals surface area contributed by atoms with Gasteiger partial charge in [0.2, 0.25) is 10.0 Å². The molecule has 0 aliphatic carbocycles. The first-order valence-electron chi connectivity index (χ1n) is 10.3. The van der Waals surface area contributed by atoms with Gasteiger partial charge in [-0.2, -0.15) is 17.5 Å². The van der Waals surface area contributed by atoms with Crippen molar-refractivity contribution < 1.29 is 40.7 Å². The lowest BCUT2D eigenvalue weighted by Gasteiger charge is -2.34. The number of benzene rings is 2. The summed E-state index contributed by atoms with van der Waals surface area (Å²) in [6, 6.07) is 9.97. The van der Waals surface area contributed by atoms with Gasteiger partial charge in [0.05, 0.1) is 17.6 Å². The number of carbonyl (C=O) groups excluding carboxylic acids is 1. The summed E-state index contributed by atoms with van der Waals surface area (Å²) in [5.74, 6) is -0.294. The van der Waals surface area contributed by atoms with Crippen molar-refractivity contribution in [3.8, 4) is 5.75 Å². The molecule has 1 amide bonds. The minimum absolute atomic E-state index is 0.0798. The van der Waals surface area contributed by atoms with Crippen molar-refractivity contribution in [2.45, 2.75) is 11.1 Å². The van der Waals surface area contributed by atoms with Crippen LogP contribution in [0.3, 0.4) is 0 Å². The maximum Gasteiger partial charge on any atom is 0.417 e. The number of nitrogens with zero attached hydrogens (tertiary/aromatic N) is 3. The topological polar surface area (TPSA) is 113 Å². The molecule has 1 aliphatic heterocycles. The molecule has 3 aromatic rings. The Morgan fingerprint density at radius 2 is 1.77 bits per heavy atom. The van der Waals surface area contributed by atoms with Gasteiger partial charge in [0.25, 0.3) is 5.91 Å². The Labute approximate surface area is 197 Å². The van der Waals surface area contributed by atoms with E-state index in [1.54, 1.807) is 12.1 Å². The lowest BCUT2D eigenvalue weighted by Crippen LogP contribution is -2.50. The molecule has 0 saturated carbocycles. The number of alkyl halides is 3. The highest BCUT2D eigenvalue weighted by Crippen LogP contribution is 2.35. The third-order valence-corrected chi connectivity index (χ3v) is 7.56. The fraction of sp³-hybridized carbons (Fsp3) is 0.273. The molecule has 0 bridgehead atoms. The SMILES string of the molecule is COc1ccc2/c(=N/O)cc(C(=O)N3CCN(S(=O)(=O)c4ccccc4C(F)(F)F)CC3)oc2c1. The Hall–Kier alpha value is -3.58. The molecule has 0 unspecified atom stereocenters. The summed E-state index contributed by atoms with van der Waals surface area (Å²) in [7, 11) is -2.99. The maximum atomic E-state index is 13.3. The van der Waals surface area contributed by atoms with Gasteiger partial charge >= 0.3 is 6.18 Å². The molecule has 1 fully saturated rings. The lowest BCUT2D eigenvalue weighted by molar-refractivity contribution is -0.139. The average molecular weight is 511 g/mol. The molecule has 1 aliphatic rings. The molecule has 0 atom stereocenters. The summed E-state index contributed by atoms with van der Waals surface area (Å²) in [5.41, 5.74) is -1.02. The highest BCUT2D eigenvalue weighted by atomic mass is 32.2. The van der Waals surface area contributed by atoms with Gasteiger partial charge in [-0.3, -0.25) is 4.79 Å². The molecule has 1 N–H and O–H groups in total. The van der Waals surface area contributed by atoms with Crippen molar-refractivity contribution in [1.82, 2.24) is 9.21 Å². The zero-order chi connectivity index (χ0) is 25.4. The Morgan fingerprint density at radius 3 is 2.40 bits per heavy atom. The van der Waals surface area contributed by atoms with E-state index in [-0.39, 0.29) is 42.9 Å². The number of amides is 1. The van der Waals surface area contributed by atoms with Crippen LogP contribution in [0.2, 0.25) is 0 Å². The van der Waals surface area contributed by atoms with Gasteiger partial charge in [-0.1, -0.05) is 17.3 Å². The molecule has 35 heavy (non-hydrogen) atoms. The third kappa shape index (κ3) is 4.68. The molecule has 4 rings (SSSR count).